The molecule has 99 heavy (non-hydrogen) atoms. The summed E-state index contributed by atoms with van der Waals surface area (Å²) in [4.78, 5) is 40.6. The van der Waals surface area contributed by atoms with Crippen LogP contribution in [0.15, 0.2) is 144 Å². The van der Waals surface area contributed by atoms with Crippen molar-refractivity contribution in [2.24, 2.45) is 0 Å². The van der Waals surface area contributed by atoms with Crippen LogP contribution in [0.1, 0.15) is 117 Å². The van der Waals surface area contributed by atoms with E-state index in [0.717, 1.165) is 95.4 Å². The third kappa shape index (κ3) is 15.2. The number of aromatic amines is 2. The van der Waals surface area contributed by atoms with Crippen molar-refractivity contribution in [1.29, 1.82) is 5.26 Å². The molecule has 2 aromatic heterocycles. The molecule has 6 unspecified atom stereocenters. The molecule has 11 heterocycles. The van der Waals surface area contributed by atoms with Crippen molar-refractivity contribution < 1.29 is 179 Å². The summed E-state index contributed by atoms with van der Waals surface area (Å²) in [5.41, 5.74) is 14.9. The van der Waals surface area contributed by atoms with Crippen molar-refractivity contribution in [3.8, 4) is 63.3 Å². The van der Waals surface area contributed by atoms with Crippen LogP contribution in [-0.4, -0.2) is 130 Å². The van der Waals surface area contributed by atoms with E-state index in [0.29, 0.717) is 104 Å². The van der Waals surface area contributed by atoms with Crippen molar-refractivity contribution in [2.45, 2.75) is 126 Å². The first kappa shape index (κ1) is 72.9. The Labute approximate surface area is 648 Å². The molecule has 9 aliphatic heterocycles. The summed E-state index contributed by atoms with van der Waals surface area (Å²) in [6.45, 7) is -0.181. The number of nitrogens with zero attached hydrogens (tertiary/aromatic N) is 9. The zero-order valence-corrected chi connectivity index (χ0v) is 59.8. The van der Waals surface area contributed by atoms with Gasteiger partial charge < -0.3 is 40.9 Å². The van der Waals surface area contributed by atoms with Crippen LogP contribution in [0.4, 0.5) is 26.3 Å². The van der Waals surface area contributed by atoms with E-state index in [4.69, 9.17) is 29.5 Å². The van der Waals surface area contributed by atoms with Gasteiger partial charge in [-0.25, -0.2) is 4.89 Å². The fourth-order valence-corrected chi connectivity index (χ4v) is 15.1. The van der Waals surface area contributed by atoms with Crippen LogP contribution >= 0.6 is 0 Å². The molecule has 6 aromatic carbocycles. The summed E-state index contributed by atoms with van der Waals surface area (Å²) in [6.07, 6.45) is -0.985. The van der Waals surface area contributed by atoms with Crippen LogP contribution in [0.3, 0.4) is 0 Å². The second kappa shape index (κ2) is 31.3. The van der Waals surface area contributed by atoms with Gasteiger partial charge in [-0.1, -0.05) is 83.4 Å². The van der Waals surface area contributed by atoms with Gasteiger partial charge in [0.1, 0.15) is 34.5 Å². The quantitative estimate of drug-likeness (QED) is 0.0517. The van der Waals surface area contributed by atoms with Crippen LogP contribution < -0.4 is 128 Å². The van der Waals surface area contributed by atoms with Gasteiger partial charge in [-0.2, -0.15) is 42.0 Å². The molecule has 6 fully saturated rings. The predicted octanol–water partition coefficient (Wildman–Crippen LogP) is 6.02. The average Bonchev–Trinajstić information content (AvgIpc) is 1.23. The monoisotopic (exact) mass is 1410 g/mol. The fourth-order valence-electron chi connectivity index (χ4n) is 15.1. The zero-order valence-electron chi connectivity index (χ0n) is 54.6. The second-order valence-corrected chi connectivity index (χ2v) is 24.4. The maximum absolute atomic E-state index is 13.2. The van der Waals surface area contributed by atoms with Crippen LogP contribution in [0.25, 0.3) is 39.5 Å². The first-order valence-corrected chi connectivity index (χ1v) is 31.2. The molecule has 17 rings (SSSR count). The first-order chi connectivity index (χ1) is 46.9. The summed E-state index contributed by atoms with van der Waals surface area (Å²) in [6, 6.07) is 42.1. The van der Waals surface area contributed by atoms with Crippen molar-refractivity contribution in [1.82, 2.24) is 56.4 Å². The van der Waals surface area contributed by atoms with E-state index in [9.17, 15) is 41.2 Å². The number of carbonyl (C=O) groups excluding carboxylic acids is 3. The van der Waals surface area contributed by atoms with E-state index in [1.165, 1.54) is 31.1 Å². The Hall–Kier alpha value is -7.33. The van der Waals surface area contributed by atoms with E-state index < -0.39 is 48.3 Å². The van der Waals surface area contributed by atoms with Gasteiger partial charge in [0, 0.05) is 80.8 Å². The summed E-state index contributed by atoms with van der Waals surface area (Å²) < 4.78 is 97.2. The third-order valence-corrected chi connectivity index (χ3v) is 18.8. The maximum Gasteiger partial charge on any atom is 1.00 e. The summed E-state index contributed by atoms with van der Waals surface area (Å²) in [5.74, 6) is 1.87. The Kier molecular flexibility index (Phi) is 23.0. The molecule has 6 saturated heterocycles. The number of nitrogens with one attached hydrogen (secondary N) is 3. The van der Waals surface area contributed by atoms with Gasteiger partial charge in [-0.3, -0.25) is 19.6 Å². The molecule has 9 aliphatic rings. The number of carbonyl (C=O) groups is 3. The number of alkyl halides is 6. The summed E-state index contributed by atoms with van der Waals surface area (Å²) in [5, 5.41) is 56.9. The van der Waals surface area contributed by atoms with E-state index in [1.807, 2.05) is 84.9 Å². The topological polar surface area (TPSA) is 292 Å². The molecule has 22 nitrogen and oxygen atoms in total. The van der Waals surface area contributed by atoms with Crippen LogP contribution in [-0.2, 0) is 24.2 Å². The van der Waals surface area contributed by atoms with E-state index in [-0.39, 0.29) is 111 Å². The Morgan fingerprint density at radius 3 is 1.22 bits per heavy atom. The van der Waals surface area contributed by atoms with E-state index >= 15 is 0 Å². The number of piperidine rings is 3. The van der Waals surface area contributed by atoms with Gasteiger partial charge in [0.15, 0.2) is 0 Å². The number of para-hydroxylation sites is 3. The molecule has 0 spiro atoms. The molecule has 500 valence electrons. The number of rotatable bonds is 3. The Bertz CT molecular complexity index is 4430. The predicted molar refractivity (Wildman–Crippen MR) is 333 cm³/mol. The number of hydrogen-bond acceptors (Lipinski definition) is 18. The van der Waals surface area contributed by atoms with Crippen LogP contribution in [0.2, 0.25) is 0 Å². The number of ether oxygens (including phenoxy) is 3. The van der Waals surface area contributed by atoms with Crippen molar-refractivity contribution in [3.63, 3.8) is 0 Å². The molecule has 4 N–H and O–H groups in total. The maximum atomic E-state index is 13.2. The van der Waals surface area contributed by atoms with E-state index in [1.54, 1.807) is 17.7 Å². The number of benzene rings is 6. The Morgan fingerprint density at radius 1 is 0.556 bits per heavy atom. The largest absolute Gasteiger partial charge is 1.00 e. The number of fused-ring (bicyclic) bond motifs is 12. The second-order valence-electron chi connectivity index (χ2n) is 24.4. The molecule has 2 amide bonds. The molecule has 0 radical (unpaired) electrons. The van der Waals surface area contributed by atoms with Gasteiger partial charge in [-0.05, 0) is 165 Å². The van der Waals surface area contributed by atoms with E-state index in [2.05, 4.69) is 92.7 Å². The molecular formula is C69H60F6K2N12O10. The van der Waals surface area contributed by atoms with Crippen molar-refractivity contribution in [3.05, 3.63) is 183 Å². The standard InChI is InChI=1S/C23H18F3N5O2.C23H17F3N2O2.C21H19N5O.CH2O3.CH4O2.2K.H/c24-23(25,26)22(32)31-14-6-7-15(31)10-13(9-14)20-16-3-1-2-4-18(16)33-19-11-12(5-8-17(19)20)21-27-29-30-28-21;24-23(25,26)22(29)28-15-6-7-16(28)11-14(10-15)21-17-3-1-2-4-19(17)30-20-9-13(12-27)5-8-18(20)21;1-2-4-18-16(3-1)20(13-9-14-6-7-15(10-13)22-14)17-8-5-12(11-19(17)27-18)21-23-25-26-24-21;2-1-4-3;1-3-2;;;/h1-5,8,11,14-15H,6-7,9-10H2,(H,27,28,29,30);1-5,8-9,15-16H,6-7,10-11H2;1-5,8,11,14-15,22H,6-7,9-10H2,(H,23,24,25,26);1,3H;2H,1H3;;;/q;;;;;2*+1;-1/p-1. The number of H-pyrrole nitrogens is 2. The molecule has 6 atom stereocenters. The molecular weight excluding hydrogens is 1350 g/mol. The van der Waals surface area contributed by atoms with Crippen LogP contribution in [0.5, 0.6) is 34.5 Å². The van der Waals surface area contributed by atoms with Gasteiger partial charge >= 0.3 is 127 Å². The average molecular weight is 1410 g/mol. The minimum atomic E-state index is -4.85. The van der Waals surface area contributed by atoms with Gasteiger partial charge in [0.2, 0.25) is 11.6 Å². The first-order valence-electron chi connectivity index (χ1n) is 31.2. The van der Waals surface area contributed by atoms with Gasteiger partial charge in [0.05, 0.1) is 18.7 Å². The number of tetrazole rings is 2. The number of halogens is 6. The summed E-state index contributed by atoms with van der Waals surface area (Å²) in [7, 11) is 1.18. The number of hydrogen-bond donors (Lipinski definition) is 4. The van der Waals surface area contributed by atoms with Crippen molar-refractivity contribution in [2.75, 3.05) is 7.11 Å². The minimum Gasteiger partial charge on any atom is -1.00 e. The number of aromatic nitrogens is 8. The summed E-state index contributed by atoms with van der Waals surface area (Å²) >= 11 is 0. The molecule has 6 bridgehead atoms. The van der Waals surface area contributed by atoms with Crippen molar-refractivity contribution >= 4 is 35.0 Å². The molecule has 0 aliphatic carbocycles. The fraction of sp³-hybridized carbons (Fsp3) is 0.304. The molecule has 30 heteroatoms. The van der Waals surface area contributed by atoms with Crippen LogP contribution in [0, 0.1) is 11.3 Å². The zero-order chi connectivity index (χ0) is 67.7. The van der Waals surface area contributed by atoms with Gasteiger partial charge in [0.25, 0.3) is 6.47 Å². The Morgan fingerprint density at radius 2 is 0.889 bits per heavy atom. The third-order valence-electron chi connectivity index (χ3n) is 18.8. The normalized spacial score (nSPS) is 20.5. The number of amides is 2. The number of nitriles is 1. The molecule has 8 aromatic rings. The van der Waals surface area contributed by atoms with Gasteiger partial charge in [-0.15, -0.1) is 20.4 Å². The smallest absolute Gasteiger partial charge is 1.00 e. The minimum absolute atomic E-state index is 0. The SMILES string of the molecule is COO.N#Cc1ccc2c(c1)Oc1ccccc1C2=C1CC2CCC(C1)N2C(=O)C(F)(F)F.O=C(N1C2CCC1CC(=C1c3ccccc3Oc3cc(-c4nn[nH]n4)ccc31)C2)C(F)(F)F.O=CO[O-].[H-].[K+].[K+].c1ccc2c(c1)Oc1cc(-c3nn[nH]n3)ccc1C2=C1CC2CCC(C1)N2. The molecule has 0 saturated carbocycles. The Balaban J connectivity index is 0.000000153.